The number of carbonyl (C=O) groups excluding carboxylic acids is 1. The van der Waals surface area contributed by atoms with Crippen molar-refractivity contribution in [3.63, 3.8) is 0 Å². The first kappa shape index (κ1) is 22.1. The van der Waals surface area contributed by atoms with Gasteiger partial charge in [-0.2, -0.15) is 0 Å². The van der Waals surface area contributed by atoms with E-state index in [4.69, 9.17) is 11.6 Å². The lowest BCUT2D eigenvalue weighted by Crippen LogP contribution is -2.28. The molecule has 0 saturated carbocycles. The Balaban J connectivity index is 1.94. The van der Waals surface area contributed by atoms with Crippen molar-refractivity contribution in [3.05, 3.63) is 53.3 Å². The number of anilines is 2. The fourth-order valence-corrected chi connectivity index (χ4v) is 3.82. The summed E-state index contributed by atoms with van der Waals surface area (Å²) in [7, 11) is -1.97. The molecule has 2 aromatic carbocycles. The smallest absolute Gasteiger partial charge is 0.243 e. The summed E-state index contributed by atoms with van der Waals surface area (Å²) in [4.78, 5) is 12.2. The van der Waals surface area contributed by atoms with Crippen molar-refractivity contribution in [1.82, 2.24) is 4.31 Å². The number of sulfonamides is 1. The third kappa shape index (κ3) is 5.92. The topological polar surface area (TPSA) is 78.5 Å². The lowest BCUT2D eigenvalue weighted by Gasteiger charge is -2.17. The van der Waals surface area contributed by atoms with Gasteiger partial charge in [0.25, 0.3) is 0 Å². The van der Waals surface area contributed by atoms with Crippen LogP contribution in [0.15, 0.2) is 47.4 Å². The van der Waals surface area contributed by atoms with Crippen molar-refractivity contribution in [2.24, 2.45) is 0 Å². The minimum Gasteiger partial charge on any atom is -0.376 e. The number of amides is 1. The third-order valence-electron chi connectivity index (χ3n) is 4.05. The second-order valence-electron chi connectivity index (χ2n) is 6.23. The summed E-state index contributed by atoms with van der Waals surface area (Å²) in [6, 6.07) is 9.87. The highest BCUT2D eigenvalue weighted by molar-refractivity contribution is 7.89. The fourth-order valence-electron chi connectivity index (χ4n) is 2.39. The number of benzene rings is 2. The minimum absolute atomic E-state index is 0.0593. The highest BCUT2D eigenvalue weighted by atomic mass is 35.5. The van der Waals surface area contributed by atoms with Gasteiger partial charge in [-0.3, -0.25) is 4.79 Å². The number of nitrogens with one attached hydrogen (secondary N) is 2. The quantitative estimate of drug-likeness (QED) is 0.635. The molecule has 6 nitrogen and oxygen atoms in total. The van der Waals surface area contributed by atoms with Crippen molar-refractivity contribution in [1.29, 1.82) is 0 Å². The Bertz CT molecular complexity index is 921. The van der Waals surface area contributed by atoms with Gasteiger partial charge in [0.05, 0.1) is 22.2 Å². The molecule has 1 amide bonds. The zero-order chi connectivity index (χ0) is 20.7. The number of unbranched alkanes of at least 4 members (excludes halogenated alkanes) is 1. The first-order valence-electron chi connectivity index (χ1n) is 8.79. The van der Waals surface area contributed by atoms with E-state index in [2.05, 4.69) is 10.6 Å². The molecule has 0 unspecified atom stereocenters. The van der Waals surface area contributed by atoms with Crippen LogP contribution in [0.25, 0.3) is 0 Å². The van der Waals surface area contributed by atoms with Gasteiger partial charge < -0.3 is 10.6 Å². The van der Waals surface area contributed by atoms with E-state index in [9.17, 15) is 17.6 Å². The second-order valence-corrected chi connectivity index (χ2v) is 8.68. The fraction of sp³-hybridized carbons (Fsp3) is 0.316. The van der Waals surface area contributed by atoms with Crippen LogP contribution in [0.3, 0.4) is 0 Å². The monoisotopic (exact) mass is 427 g/mol. The van der Waals surface area contributed by atoms with Crippen molar-refractivity contribution in [3.8, 4) is 0 Å². The van der Waals surface area contributed by atoms with E-state index in [1.807, 2.05) is 6.92 Å². The van der Waals surface area contributed by atoms with Crippen molar-refractivity contribution < 1.29 is 17.6 Å². The van der Waals surface area contributed by atoms with Crippen LogP contribution < -0.4 is 10.6 Å². The summed E-state index contributed by atoms with van der Waals surface area (Å²) in [6.45, 7) is 2.41. The molecule has 2 rings (SSSR count). The van der Waals surface area contributed by atoms with E-state index in [-0.39, 0.29) is 22.4 Å². The lowest BCUT2D eigenvalue weighted by atomic mass is 10.3. The number of carbonyl (C=O) groups is 1. The molecule has 152 valence electrons. The molecule has 0 bridgehead atoms. The molecule has 2 aromatic rings. The van der Waals surface area contributed by atoms with E-state index in [1.165, 1.54) is 28.6 Å². The molecular formula is C19H23ClFN3O3S. The van der Waals surface area contributed by atoms with Crippen molar-refractivity contribution >= 4 is 38.9 Å². The summed E-state index contributed by atoms with van der Waals surface area (Å²) in [5, 5.41) is 5.58. The van der Waals surface area contributed by atoms with Gasteiger partial charge in [-0.05, 0) is 48.9 Å². The number of rotatable bonds is 9. The maximum Gasteiger partial charge on any atom is 0.243 e. The molecule has 0 saturated heterocycles. The zero-order valence-electron chi connectivity index (χ0n) is 15.7. The van der Waals surface area contributed by atoms with Crippen LogP contribution in [0.1, 0.15) is 19.8 Å². The number of hydrogen-bond acceptors (Lipinski definition) is 4. The van der Waals surface area contributed by atoms with Gasteiger partial charge in [-0.15, -0.1) is 0 Å². The predicted octanol–water partition coefficient (Wildman–Crippen LogP) is 3.95. The Labute approximate surface area is 169 Å². The van der Waals surface area contributed by atoms with Crippen molar-refractivity contribution in [2.45, 2.75) is 24.7 Å². The standard InChI is InChI=1S/C19H23ClFN3O3S/c1-3-4-11-24(2)28(26,27)16-8-6-15(7-9-16)22-13-19(25)23-18-10-5-14(21)12-17(18)20/h5-10,12,22H,3-4,11,13H2,1-2H3,(H,23,25). The summed E-state index contributed by atoms with van der Waals surface area (Å²) in [5.74, 6) is -0.860. The highest BCUT2D eigenvalue weighted by Crippen LogP contribution is 2.22. The molecule has 9 heteroatoms. The van der Waals surface area contributed by atoms with Crippen LogP contribution in [0.2, 0.25) is 5.02 Å². The predicted molar refractivity (Wildman–Crippen MR) is 110 cm³/mol. The first-order valence-corrected chi connectivity index (χ1v) is 10.6. The highest BCUT2D eigenvalue weighted by Gasteiger charge is 2.19. The zero-order valence-corrected chi connectivity index (χ0v) is 17.3. The van der Waals surface area contributed by atoms with Crippen LogP contribution in [-0.4, -0.2) is 38.8 Å². The molecule has 0 aliphatic rings. The Morgan fingerprint density at radius 3 is 2.46 bits per heavy atom. The largest absolute Gasteiger partial charge is 0.376 e. The summed E-state index contributed by atoms with van der Waals surface area (Å²) >= 11 is 5.87. The van der Waals surface area contributed by atoms with Crippen LogP contribution in [0.4, 0.5) is 15.8 Å². The summed E-state index contributed by atoms with van der Waals surface area (Å²) in [5.41, 5.74) is 0.905. The molecule has 0 aliphatic carbocycles. The van der Waals surface area contributed by atoms with E-state index in [1.54, 1.807) is 19.2 Å². The van der Waals surface area contributed by atoms with E-state index >= 15 is 0 Å². The van der Waals surface area contributed by atoms with E-state index in [0.29, 0.717) is 17.9 Å². The minimum atomic E-state index is -3.53. The molecule has 0 radical (unpaired) electrons. The summed E-state index contributed by atoms with van der Waals surface area (Å²) < 4.78 is 39.3. The third-order valence-corrected chi connectivity index (χ3v) is 6.23. The second kappa shape index (κ2) is 9.86. The van der Waals surface area contributed by atoms with Gasteiger partial charge in [0.15, 0.2) is 0 Å². The van der Waals surface area contributed by atoms with Gasteiger partial charge in [0.2, 0.25) is 15.9 Å². The SMILES string of the molecule is CCCCN(C)S(=O)(=O)c1ccc(NCC(=O)Nc2ccc(F)cc2Cl)cc1. The Morgan fingerprint density at radius 2 is 1.86 bits per heavy atom. The molecule has 0 fully saturated rings. The number of halogens is 2. The van der Waals surface area contributed by atoms with Crippen molar-refractivity contribution in [2.75, 3.05) is 30.8 Å². The van der Waals surface area contributed by atoms with Crippen LogP contribution in [0, 0.1) is 5.82 Å². The number of hydrogen-bond donors (Lipinski definition) is 2. The molecule has 2 N–H and O–H groups in total. The van der Waals surface area contributed by atoms with Crippen LogP contribution >= 0.6 is 11.6 Å². The van der Waals surface area contributed by atoms with Gasteiger partial charge in [0, 0.05) is 19.3 Å². The lowest BCUT2D eigenvalue weighted by molar-refractivity contribution is -0.114. The maximum atomic E-state index is 13.0. The molecule has 28 heavy (non-hydrogen) atoms. The molecule has 0 aromatic heterocycles. The van der Waals surface area contributed by atoms with Crippen LogP contribution in [-0.2, 0) is 14.8 Å². The molecule has 0 atom stereocenters. The number of nitrogens with zero attached hydrogens (tertiary/aromatic N) is 1. The molecular weight excluding hydrogens is 405 g/mol. The van der Waals surface area contributed by atoms with Gasteiger partial charge in [0.1, 0.15) is 5.82 Å². The average molecular weight is 428 g/mol. The maximum absolute atomic E-state index is 13.0. The molecule has 0 aliphatic heterocycles. The summed E-state index contributed by atoms with van der Waals surface area (Å²) in [6.07, 6.45) is 1.70. The van der Waals surface area contributed by atoms with Gasteiger partial charge in [-0.25, -0.2) is 17.1 Å². The van der Waals surface area contributed by atoms with Gasteiger partial charge >= 0.3 is 0 Å². The van der Waals surface area contributed by atoms with Crippen LogP contribution in [0.5, 0.6) is 0 Å². The first-order chi connectivity index (χ1) is 13.2. The normalized spacial score (nSPS) is 11.5. The molecule has 0 heterocycles. The Kier molecular flexibility index (Phi) is 7.79. The van der Waals surface area contributed by atoms with E-state index < -0.39 is 15.8 Å². The Morgan fingerprint density at radius 1 is 1.18 bits per heavy atom. The van der Waals surface area contributed by atoms with E-state index in [0.717, 1.165) is 18.9 Å². The average Bonchev–Trinajstić information content (AvgIpc) is 2.67. The Hall–Kier alpha value is -2.16. The molecule has 0 spiro atoms. The van der Waals surface area contributed by atoms with Gasteiger partial charge in [-0.1, -0.05) is 24.9 Å².